The van der Waals surface area contributed by atoms with Crippen molar-refractivity contribution in [3.05, 3.63) is 41.3 Å². The number of benzene rings is 1. The van der Waals surface area contributed by atoms with E-state index in [0.29, 0.717) is 34.6 Å². The molecule has 0 amide bonds. The number of rotatable bonds is 6. The summed E-state index contributed by atoms with van der Waals surface area (Å²) in [6, 6.07) is 11.2. The molecule has 1 saturated heterocycles. The van der Waals surface area contributed by atoms with E-state index in [9.17, 15) is 8.42 Å². The standard InChI is InChI=1S/C20H24N4O3S2/c1-3-9-23-10-12-24(13-11-23)29(25,26)18-14-17(28-15(18)2)20-21-19(22-27-20)16-7-5-4-6-8-16/h4-8,14H,3,9-13H2,1-2H3. The molecule has 1 aliphatic heterocycles. The molecule has 9 heteroatoms. The first-order valence-corrected chi connectivity index (χ1v) is 12.0. The Bertz CT molecular complexity index is 1070. The van der Waals surface area contributed by atoms with Gasteiger partial charge in [-0.25, -0.2) is 8.42 Å². The molecule has 0 atom stereocenters. The van der Waals surface area contributed by atoms with E-state index >= 15 is 0 Å². The maximum atomic E-state index is 13.2. The number of hydrogen-bond acceptors (Lipinski definition) is 7. The van der Waals surface area contributed by atoms with E-state index < -0.39 is 10.0 Å². The molecule has 3 aromatic rings. The van der Waals surface area contributed by atoms with E-state index in [1.807, 2.05) is 37.3 Å². The van der Waals surface area contributed by atoms with Gasteiger partial charge in [-0.1, -0.05) is 42.4 Å². The quantitative estimate of drug-likeness (QED) is 0.593. The lowest BCUT2D eigenvalue weighted by Gasteiger charge is -2.33. The number of hydrogen-bond donors (Lipinski definition) is 0. The minimum Gasteiger partial charge on any atom is -0.333 e. The third kappa shape index (κ3) is 4.13. The van der Waals surface area contributed by atoms with Crippen LogP contribution in [-0.4, -0.2) is 60.5 Å². The van der Waals surface area contributed by atoms with Gasteiger partial charge < -0.3 is 9.42 Å². The average Bonchev–Trinajstić information content (AvgIpc) is 3.36. The fourth-order valence-corrected chi connectivity index (χ4v) is 6.41. The van der Waals surface area contributed by atoms with Crippen LogP contribution in [0.2, 0.25) is 0 Å². The third-order valence-corrected chi connectivity index (χ3v) is 8.22. The van der Waals surface area contributed by atoms with Crippen LogP contribution in [0.1, 0.15) is 18.2 Å². The van der Waals surface area contributed by atoms with Crippen LogP contribution in [0.4, 0.5) is 0 Å². The number of aryl methyl sites for hydroxylation is 1. The zero-order chi connectivity index (χ0) is 20.4. The Morgan fingerprint density at radius 1 is 1.14 bits per heavy atom. The Labute approximate surface area is 175 Å². The van der Waals surface area contributed by atoms with Crippen molar-refractivity contribution >= 4 is 21.4 Å². The molecule has 1 aromatic carbocycles. The Kier molecular flexibility index (Phi) is 5.82. The fraction of sp³-hybridized carbons (Fsp3) is 0.400. The van der Waals surface area contributed by atoms with Gasteiger partial charge in [0.1, 0.15) is 0 Å². The van der Waals surface area contributed by atoms with Gasteiger partial charge in [0.05, 0.1) is 9.77 Å². The highest BCUT2D eigenvalue weighted by Crippen LogP contribution is 2.35. The van der Waals surface area contributed by atoms with Gasteiger partial charge in [0.2, 0.25) is 15.8 Å². The minimum absolute atomic E-state index is 0.334. The molecular formula is C20H24N4O3S2. The van der Waals surface area contributed by atoms with Gasteiger partial charge >= 0.3 is 0 Å². The second-order valence-electron chi connectivity index (χ2n) is 7.07. The smallest absolute Gasteiger partial charge is 0.268 e. The van der Waals surface area contributed by atoms with Crippen LogP contribution in [-0.2, 0) is 10.0 Å². The van der Waals surface area contributed by atoms with Crippen molar-refractivity contribution in [3.63, 3.8) is 0 Å². The van der Waals surface area contributed by atoms with E-state index in [4.69, 9.17) is 4.52 Å². The lowest BCUT2D eigenvalue weighted by atomic mass is 10.2. The largest absolute Gasteiger partial charge is 0.333 e. The van der Waals surface area contributed by atoms with Crippen LogP contribution in [0.3, 0.4) is 0 Å². The molecule has 4 rings (SSSR count). The van der Waals surface area contributed by atoms with Crippen LogP contribution >= 0.6 is 11.3 Å². The SMILES string of the molecule is CCCN1CCN(S(=O)(=O)c2cc(-c3nc(-c4ccccc4)no3)sc2C)CC1. The summed E-state index contributed by atoms with van der Waals surface area (Å²) in [5, 5.41) is 4.03. The monoisotopic (exact) mass is 432 g/mol. The van der Waals surface area contributed by atoms with Crippen molar-refractivity contribution in [1.82, 2.24) is 19.3 Å². The molecule has 29 heavy (non-hydrogen) atoms. The molecule has 0 radical (unpaired) electrons. The first kappa shape index (κ1) is 20.2. The molecule has 7 nitrogen and oxygen atoms in total. The highest BCUT2D eigenvalue weighted by molar-refractivity contribution is 7.89. The molecule has 2 aromatic heterocycles. The van der Waals surface area contributed by atoms with Gasteiger partial charge in [-0.2, -0.15) is 9.29 Å². The van der Waals surface area contributed by atoms with Crippen LogP contribution < -0.4 is 0 Å². The first-order chi connectivity index (χ1) is 14.0. The molecule has 154 valence electrons. The maximum Gasteiger partial charge on any atom is 0.268 e. The van der Waals surface area contributed by atoms with Crippen LogP contribution in [0.5, 0.6) is 0 Å². The van der Waals surface area contributed by atoms with Gasteiger partial charge in [-0.15, -0.1) is 11.3 Å². The maximum absolute atomic E-state index is 13.2. The molecule has 0 aliphatic carbocycles. The van der Waals surface area contributed by atoms with Gasteiger partial charge in [-0.05, 0) is 26.0 Å². The topological polar surface area (TPSA) is 79.5 Å². The summed E-state index contributed by atoms with van der Waals surface area (Å²) in [7, 11) is -3.54. The Morgan fingerprint density at radius 3 is 2.55 bits per heavy atom. The van der Waals surface area contributed by atoms with E-state index in [1.54, 1.807) is 10.4 Å². The number of aromatic nitrogens is 2. The Balaban J connectivity index is 1.56. The lowest BCUT2D eigenvalue weighted by molar-refractivity contribution is 0.188. The molecule has 1 fully saturated rings. The lowest BCUT2D eigenvalue weighted by Crippen LogP contribution is -2.48. The fourth-order valence-electron chi connectivity index (χ4n) is 3.50. The summed E-state index contributed by atoms with van der Waals surface area (Å²) in [5.74, 6) is 0.828. The van der Waals surface area contributed by atoms with E-state index in [0.717, 1.165) is 36.5 Å². The predicted molar refractivity (Wildman–Crippen MR) is 113 cm³/mol. The number of nitrogens with zero attached hydrogens (tertiary/aromatic N) is 4. The van der Waals surface area contributed by atoms with Crippen molar-refractivity contribution in [2.45, 2.75) is 25.2 Å². The van der Waals surface area contributed by atoms with Crippen molar-refractivity contribution < 1.29 is 12.9 Å². The molecule has 0 spiro atoms. The van der Waals surface area contributed by atoms with E-state index in [-0.39, 0.29) is 0 Å². The molecule has 0 bridgehead atoms. The van der Waals surface area contributed by atoms with Crippen LogP contribution in [0.15, 0.2) is 45.8 Å². The van der Waals surface area contributed by atoms with Crippen molar-refractivity contribution in [2.75, 3.05) is 32.7 Å². The Morgan fingerprint density at radius 2 is 1.86 bits per heavy atom. The molecule has 0 unspecified atom stereocenters. The van der Waals surface area contributed by atoms with Gasteiger partial charge in [0.25, 0.3) is 5.89 Å². The zero-order valence-corrected chi connectivity index (χ0v) is 18.2. The number of sulfonamides is 1. The van der Waals surface area contributed by atoms with Crippen molar-refractivity contribution in [1.29, 1.82) is 0 Å². The minimum atomic E-state index is -3.54. The van der Waals surface area contributed by atoms with Crippen molar-refractivity contribution in [3.8, 4) is 22.2 Å². The summed E-state index contributed by atoms with van der Waals surface area (Å²) >= 11 is 1.36. The molecule has 3 heterocycles. The van der Waals surface area contributed by atoms with Gasteiger partial charge in [0, 0.05) is 36.6 Å². The summed E-state index contributed by atoms with van der Waals surface area (Å²) < 4.78 is 33.4. The van der Waals surface area contributed by atoms with Crippen LogP contribution in [0, 0.1) is 6.92 Å². The number of piperazine rings is 1. The van der Waals surface area contributed by atoms with E-state index in [1.165, 1.54) is 11.3 Å². The first-order valence-electron chi connectivity index (χ1n) is 9.71. The number of thiophene rings is 1. The van der Waals surface area contributed by atoms with Crippen LogP contribution in [0.25, 0.3) is 22.2 Å². The normalized spacial score (nSPS) is 16.3. The molecule has 1 aliphatic rings. The second-order valence-corrected chi connectivity index (χ2v) is 10.2. The summed E-state index contributed by atoms with van der Waals surface area (Å²) in [5.41, 5.74) is 0.855. The molecule has 0 saturated carbocycles. The summed E-state index contributed by atoms with van der Waals surface area (Å²) in [4.78, 5) is 8.49. The van der Waals surface area contributed by atoms with E-state index in [2.05, 4.69) is 22.0 Å². The Hall–Kier alpha value is -2.07. The highest BCUT2D eigenvalue weighted by atomic mass is 32.2. The molecule has 0 N–H and O–H groups in total. The highest BCUT2D eigenvalue weighted by Gasteiger charge is 2.31. The zero-order valence-electron chi connectivity index (χ0n) is 16.5. The second kappa shape index (κ2) is 8.35. The van der Waals surface area contributed by atoms with Crippen molar-refractivity contribution in [2.24, 2.45) is 0 Å². The van der Waals surface area contributed by atoms with Gasteiger partial charge in [0.15, 0.2) is 0 Å². The van der Waals surface area contributed by atoms with Gasteiger partial charge in [-0.3, -0.25) is 0 Å². The predicted octanol–water partition coefficient (Wildman–Crippen LogP) is 3.49. The molecular weight excluding hydrogens is 408 g/mol. The summed E-state index contributed by atoms with van der Waals surface area (Å²) in [6.45, 7) is 7.55. The summed E-state index contributed by atoms with van der Waals surface area (Å²) in [6.07, 6.45) is 1.08. The average molecular weight is 433 g/mol. The third-order valence-electron chi connectivity index (χ3n) is 5.03.